The van der Waals surface area contributed by atoms with E-state index in [0.717, 1.165) is 57.7 Å². The summed E-state index contributed by atoms with van der Waals surface area (Å²) >= 11 is 0. The molecule has 0 radical (unpaired) electrons. The summed E-state index contributed by atoms with van der Waals surface area (Å²) in [5.74, 6) is -3.20. The van der Waals surface area contributed by atoms with Crippen molar-refractivity contribution in [3.05, 3.63) is 123 Å². The molecule has 0 aliphatic carbocycles. The van der Waals surface area contributed by atoms with E-state index < -0.39 is 34.8 Å². The number of hydrogen-bond acceptors (Lipinski definition) is 9. The van der Waals surface area contributed by atoms with E-state index in [-0.39, 0.29) is 29.1 Å². The molecule has 8 rings (SSSR count). The average Bonchev–Trinajstić information content (AvgIpc) is 3.26. The lowest BCUT2D eigenvalue weighted by atomic mass is 9.95. The van der Waals surface area contributed by atoms with Crippen LogP contribution in [0.25, 0.3) is 22.0 Å². The molecule has 306 valence electrons. The molecule has 3 amide bonds. The van der Waals surface area contributed by atoms with Crippen molar-refractivity contribution in [2.45, 2.75) is 19.3 Å². The summed E-state index contributed by atoms with van der Waals surface area (Å²) in [6, 6.07) is 15.3. The molecule has 59 heavy (non-hydrogen) atoms. The highest BCUT2D eigenvalue weighted by molar-refractivity contribution is 5.96. The number of rotatable bonds is 9. The Morgan fingerprint density at radius 3 is 2.07 bits per heavy atom. The third-order valence-electron chi connectivity index (χ3n) is 11.7. The molecule has 0 unspecified atom stereocenters. The van der Waals surface area contributed by atoms with Crippen LogP contribution in [-0.2, 0) is 11.2 Å². The fourth-order valence-corrected chi connectivity index (χ4v) is 8.33. The first-order valence-corrected chi connectivity index (χ1v) is 19.9. The smallest absolute Gasteiger partial charge is 0.272 e. The zero-order valence-corrected chi connectivity index (χ0v) is 32.5. The topological polar surface area (TPSA) is 139 Å². The SMILES string of the molecule is O=C(CN1CCN(CC2CCN(C(=O)c3c(F)cc(-c4ccncn4)cc3F)CC2)CC1)N1CCN(C(=O)c2cc(Cc3n[nH]c(=O)c4ccccc34)ccc2F)CC1. The number of piperidine rings is 1. The second kappa shape index (κ2) is 17.5. The second-order valence-electron chi connectivity index (χ2n) is 15.4. The van der Waals surface area contributed by atoms with Gasteiger partial charge in [0, 0.05) is 95.6 Å². The first kappa shape index (κ1) is 39.8. The van der Waals surface area contributed by atoms with E-state index in [4.69, 9.17) is 0 Å². The highest BCUT2D eigenvalue weighted by atomic mass is 19.1. The molecule has 3 fully saturated rings. The summed E-state index contributed by atoms with van der Waals surface area (Å²) in [5, 5.41) is 7.92. The summed E-state index contributed by atoms with van der Waals surface area (Å²) in [7, 11) is 0. The van der Waals surface area contributed by atoms with Crippen LogP contribution in [0.3, 0.4) is 0 Å². The zero-order valence-electron chi connectivity index (χ0n) is 32.5. The van der Waals surface area contributed by atoms with Crippen molar-refractivity contribution in [3.63, 3.8) is 0 Å². The third kappa shape index (κ3) is 8.88. The standard InChI is InChI=1S/C43H44F3N9O4/c44-34-6-5-29(22-38-31-3-1-2-4-32(31)41(57)50-49-38)21-33(34)42(58)55-19-17-53(18-20-55)39(56)26-52-15-13-51(14-16-52)25-28-8-11-54(12-9-28)43(59)40-35(45)23-30(24-36(40)46)37-7-10-47-27-48-37/h1-7,10,21,23-24,27-28H,8-9,11-20,22,25-26H2,(H,50,57). The number of amides is 3. The molecule has 0 spiro atoms. The number of halogens is 3. The number of aromatic amines is 1. The Balaban J connectivity index is 0.765. The predicted molar refractivity (Wildman–Crippen MR) is 213 cm³/mol. The fourth-order valence-electron chi connectivity index (χ4n) is 8.33. The lowest BCUT2D eigenvalue weighted by Crippen LogP contribution is -2.55. The summed E-state index contributed by atoms with van der Waals surface area (Å²) < 4.78 is 45.0. The highest BCUT2D eigenvalue weighted by Crippen LogP contribution is 2.27. The van der Waals surface area contributed by atoms with Crippen LogP contribution in [0.1, 0.15) is 44.8 Å². The van der Waals surface area contributed by atoms with Crippen LogP contribution in [0.5, 0.6) is 0 Å². The van der Waals surface area contributed by atoms with E-state index >= 15 is 13.2 Å². The molecular weight excluding hydrogens is 764 g/mol. The van der Waals surface area contributed by atoms with Gasteiger partial charge in [-0.25, -0.2) is 28.2 Å². The van der Waals surface area contributed by atoms with Crippen LogP contribution >= 0.6 is 0 Å². The highest BCUT2D eigenvalue weighted by Gasteiger charge is 2.31. The van der Waals surface area contributed by atoms with Gasteiger partial charge in [-0.05, 0) is 60.7 Å². The van der Waals surface area contributed by atoms with Gasteiger partial charge in [0.15, 0.2) is 0 Å². The first-order valence-electron chi connectivity index (χ1n) is 19.9. The molecule has 0 atom stereocenters. The minimum absolute atomic E-state index is 0.00654. The lowest BCUT2D eigenvalue weighted by molar-refractivity contribution is -0.134. The summed E-state index contributed by atoms with van der Waals surface area (Å²) in [6.07, 6.45) is 4.52. The predicted octanol–water partition coefficient (Wildman–Crippen LogP) is 3.84. The Kier molecular flexibility index (Phi) is 11.8. The quantitative estimate of drug-likeness (QED) is 0.236. The normalized spacial score (nSPS) is 17.1. The molecule has 3 aromatic carbocycles. The minimum Gasteiger partial charge on any atom is -0.338 e. The molecule has 1 N–H and O–H groups in total. The van der Waals surface area contributed by atoms with Crippen molar-refractivity contribution in [2.75, 3.05) is 78.5 Å². The van der Waals surface area contributed by atoms with Crippen LogP contribution in [0.15, 0.2) is 78.0 Å². The van der Waals surface area contributed by atoms with E-state index in [9.17, 15) is 19.2 Å². The molecule has 0 bridgehead atoms. The maximum Gasteiger partial charge on any atom is 0.272 e. The molecular formula is C43H44F3N9O4. The van der Waals surface area contributed by atoms with Gasteiger partial charge in [0.25, 0.3) is 17.4 Å². The second-order valence-corrected chi connectivity index (χ2v) is 15.4. The van der Waals surface area contributed by atoms with Gasteiger partial charge < -0.3 is 19.6 Å². The lowest BCUT2D eigenvalue weighted by Gasteiger charge is -2.40. The molecule has 3 saturated heterocycles. The van der Waals surface area contributed by atoms with Gasteiger partial charge in [0.2, 0.25) is 5.91 Å². The van der Waals surface area contributed by atoms with E-state index in [1.54, 1.807) is 34.1 Å². The number of nitrogens with zero attached hydrogens (tertiary/aromatic N) is 8. The number of benzene rings is 3. The van der Waals surface area contributed by atoms with Crippen LogP contribution in [-0.4, -0.2) is 141 Å². The molecule has 5 aromatic rings. The Morgan fingerprint density at radius 2 is 1.37 bits per heavy atom. The van der Waals surface area contributed by atoms with Gasteiger partial charge >= 0.3 is 0 Å². The van der Waals surface area contributed by atoms with Crippen LogP contribution in [0.4, 0.5) is 13.2 Å². The number of carbonyl (C=O) groups excluding carboxylic acids is 3. The van der Waals surface area contributed by atoms with Crippen molar-refractivity contribution in [1.29, 1.82) is 0 Å². The Morgan fingerprint density at radius 1 is 0.712 bits per heavy atom. The number of carbonyl (C=O) groups is 3. The first-order chi connectivity index (χ1) is 28.6. The van der Waals surface area contributed by atoms with Gasteiger partial charge in [-0.3, -0.25) is 24.1 Å². The van der Waals surface area contributed by atoms with E-state index in [1.807, 2.05) is 12.1 Å². The summed E-state index contributed by atoms with van der Waals surface area (Å²) in [6.45, 7) is 6.29. The molecule has 3 aliphatic heterocycles. The number of piperazine rings is 2. The Labute approximate surface area is 338 Å². The largest absolute Gasteiger partial charge is 0.338 e. The number of fused-ring (bicyclic) bond motifs is 1. The van der Waals surface area contributed by atoms with Gasteiger partial charge in [-0.2, -0.15) is 5.10 Å². The molecule has 3 aliphatic rings. The van der Waals surface area contributed by atoms with Gasteiger partial charge in [0.05, 0.1) is 28.9 Å². The molecule has 0 saturated carbocycles. The fraction of sp³-hybridized carbons (Fsp3) is 0.372. The molecule has 2 aromatic heterocycles. The van der Waals surface area contributed by atoms with E-state index in [2.05, 4.69) is 30.0 Å². The van der Waals surface area contributed by atoms with Crippen molar-refractivity contribution in [1.82, 2.24) is 44.7 Å². The number of nitrogens with one attached hydrogen (secondary N) is 1. The molecule has 16 heteroatoms. The Hall–Kier alpha value is -6.00. The average molecular weight is 808 g/mol. The summed E-state index contributed by atoms with van der Waals surface area (Å²) in [4.78, 5) is 69.4. The summed E-state index contributed by atoms with van der Waals surface area (Å²) in [5.41, 5.74) is 1.01. The maximum absolute atomic E-state index is 15.0. The molecule has 13 nitrogen and oxygen atoms in total. The number of hydrogen-bond donors (Lipinski definition) is 1. The number of likely N-dealkylation sites (tertiary alicyclic amines) is 1. The molecule has 5 heterocycles. The maximum atomic E-state index is 15.0. The minimum atomic E-state index is -0.915. The van der Waals surface area contributed by atoms with Gasteiger partial charge in [-0.15, -0.1) is 0 Å². The van der Waals surface area contributed by atoms with Crippen LogP contribution in [0.2, 0.25) is 0 Å². The third-order valence-corrected chi connectivity index (χ3v) is 11.7. The van der Waals surface area contributed by atoms with Crippen molar-refractivity contribution in [2.24, 2.45) is 5.92 Å². The van der Waals surface area contributed by atoms with Crippen molar-refractivity contribution in [3.8, 4) is 11.3 Å². The zero-order chi connectivity index (χ0) is 41.0. The Bertz CT molecular complexity index is 2390. The van der Waals surface area contributed by atoms with Crippen LogP contribution < -0.4 is 5.56 Å². The van der Waals surface area contributed by atoms with Crippen molar-refractivity contribution >= 4 is 28.5 Å². The van der Waals surface area contributed by atoms with Crippen molar-refractivity contribution < 1.29 is 27.6 Å². The number of aromatic nitrogens is 4. The van der Waals surface area contributed by atoms with Crippen LogP contribution in [0, 0.1) is 23.4 Å². The van der Waals surface area contributed by atoms with E-state index in [1.165, 1.54) is 29.6 Å². The van der Waals surface area contributed by atoms with E-state index in [0.29, 0.717) is 79.3 Å². The van der Waals surface area contributed by atoms with Gasteiger partial charge in [0.1, 0.15) is 29.3 Å². The van der Waals surface area contributed by atoms with Gasteiger partial charge in [-0.1, -0.05) is 24.3 Å². The number of H-pyrrole nitrogens is 1. The monoisotopic (exact) mass is 807 g/mol.